The lowest BCUT2D eigenvalue weighted by molar-refractivity contribution is 0.104. The Balaban J connectivity index is 2.22. The molecule has 0 spiro atoms. The van der Waals surface area contributed by atoms with Crippen LogP contribution in [0.5, 0.6) is 0 Å². The van der Waals surface area contributed by atoms with Crippen molar-refractivity contribution < 1.29 is 9.90 Å². The van der Waals surface area contributed by atoms with E-state index in [0.29, 0.717) is 12.4 Å². The van der Waals surface area contributed by atoms with Gasteiger partial charge in [-0.3, -0.25) is 4.90 Å². The largest absolute Gasteiger partial charge is 0.465 e. The van der Waals surface area contributed by atoms with Crippen molar-refractivity contribution in [2.45, 2.75) is 25.3 Å². The minimum atomic E-state index is -0.882. The monoisotopic (exact) mass is 207 g/mol. The lowest BCUT2D eigenvalue weighted by atomic mass is 10.0. The van der Waals surface area contributed by atoms with Crippen LogP contribution >= 0.6 is 0 Å². The van der Waals surface area contributed by atoms with Crippen LogP contribution in [0, 0.1) is 0 Å². The van der Waals surface area contributed by atoms with E-state index in [9.17, 15) is 4.79 Å². The van der Waals surface area contributed by atoms with Crippen LogP contribution in [0.4, 0.5) is 4.79 Å². The highest BCUT2D eigenvalue weighted by Crippen LogP contribution is 2.28. The average molecular weight is 207 g/mol. The lowest BCUT2D eigenvalue weighted by Gasteiger charge is -2.32. The number of likely N-dealkylation sites (tertiary alicyclic amines) is 1. The molecule has 0 radical (unpaired) electrons. The number of hydrogen-bond donors (Lipinski definition) is 1. The van der Waals surface area contributed by atoms with Gasteiger partial charge in [0, 0.05) is 18.9 Å². The predicted molar refractivity (Wildman–Crippen MR) is 53.4 cm³/mol. The summed E-state index contributed by atoms with van der Waals surface area (Å²) in [5.41, 5.74) is 0. The molecule has 80 valence electrons. The summed E-state index contributed by atoms with van der Waals surface area (Å²) in [6.45, 7) is 0.582. The summed E-state index contributed by atoms with van der Waals surface area (Å²) >= 11 is 0. The maximum absolute atomic E-state index is 11.0. The second kappa shape index (κ2) is 4.25. The lowest BCUT2D eigenvalue weighted by Crippen LogP contribution is -2.38. The van der Waals surface area contributed by atoms with E-state index < -0.39 is 6.09 Å². The van der Waals surface area contributed by atoms with E-state index in [1.807, 2.05) is 0 Å². The molecule has 15 heavy (non-hydrogen) atoms. The molecule has 0 aliphatic carbocycles. The highest BCUT2D eigenvalue weighted by Gasteiger charge is 2.29. The van der Waals surface area contributed by atoms with Gasteiger partial charge in [0.15, 0.2) is 5.82 Å². The Bertz CT molecular complexity index is 342. The fourth-order valence-corrected chi connectivity index (χ4v) is 1.91. The van der Waals surface area contributed by atoms with Gasteiger partial charge in [-0.2, -0.15) is 0 Å². The van der Waals surface area contributed by atoms with Crippen molar-refractivity contribution in [3.63, 3.8) is 0 Å². The van der Waals surface area contributed by atoms with E-state index in [0.717, 1.165) is 19.3 Å². The van der Waals surface area contributed by atoms with Gasteiger partial charge in [-0.15, -0.1) is 0 Å². The molecule has 0 bridgehead atoms. The second-order valence-electron chi connectivity index (χ2n) is 3.59. The van der Waals surface area contributed by atoms with Gasteiger partial charge < -0.3 is 5.11 Å². The van der Waals surface area contributed by atoms with Crippen molar-refractivity contribution in [2.75, 3.05) is 6.54 Å². The molecule has 5 nitrogen and oxygen atoms in total. The van der Waals surface area contributed by atoms with Gasteiger partial charge in [0.2, 0.25) is 0 Å². The van der Waals surface area contributed by atoms with Gasteiger partial charge in [0.05, 0.1) is 6.04 Å². The SMILES string of the molecule is O=C(O)N1CCCCC1c1ncccn1. The highest BCUT2D eigenvalue weighted by molar-refractivity contribution is 5.65. The van der Waals surface area contributed by atoms with Crippen molar-refractivity contribution in [1.29, 1.82) is 0 Å². The van der Waals surface area contributed by atoms with E-state index >= 15 is 0 Å². The molecule has 0 saturated carbocycles. The number of amides is 1. The van der Waals surface area contributed by atoms with Crippen molar-refractivity contribution in [2.24, 2.45) is 0 Å². The van der Waals surface area contributed by atoms with Gasteiger partial charge >= 0.3 is 6.09 Å². The third kappa shape index (κ3) is 2.06. The third-order valence-electron chi connectivity index (χ3n) is 2.63. The van der Waals surface area contributed by atoms with Crippen LogP contribution in [0.2, 0.25) is 0 Å². The van der Waals surface area contributed by atoms with Crippen LogP contribution in [0.25, 0.3) is 0 Å². The van der Waals surface area contributed by atoms with E-state index in [1.165, 1.54) is 4.90 Å². The summed E-state index contributed by atoms with van der Waals surface area (Å²) < 4.78 is 0. The second-order valence-corrected chi connectivity index (χ2v) is 3.59. The van der Waals surface area contributed by atoms with Crippen LogP contribution in [-0.4, -0.2) is 32.6 Å². The molecule has 1 aromatic heterocycles. The first-order valence-corrected chi connectivity index (χ1v) is 5.05. The molecule has 1 fully saturated rings. The molecule has 0 aromatic carbocycles. The first-order valence-electron chi connectivity index (χ1n) is 5.05. The minimum Gasteiger partial charge on any atom is -0.465 e. The van der Waals surface area contributed by atoms with E-state index in [-0.39, 0.29) is 6.04 Å². The van der Waals surface area contributed by atoms with Crippen LogP contribution in [0.1, 0.15) is 31.1 Å². The Labute approximate surface area is 87.8 Å². The highest BCUT2D eigenvalue weighted by atomic mass is 16.4. The Kier molecular flexibility index (Phi) is 2.80. The van der Waals surface area contributed by atoms with Crippen molar-refractivity contribution >= 4 is 6.09 Å². The predicted octanol–water partition coefficient (Wildman–Crippen LogP) is 1.68. The Morgan fingerprint density at radius 1 is 1.40 bits per heavy atom. The van der Waals surface area contributed by atoms with Crippen LogP contribution in [0.15, 0.2) is 18.5 Å². The number of carboxylic acid groups (broad SMARTS) is 1. The molecule has 1 saturated heterocycles. The first kappa shape index (κ1) is 9.89. The number of piperidine rings is 1. The summed E-state index contributed by atoms with van der Waals surface area (Å²) in [5.74, 6) is 0.611. The standard InChI is InChI=1S/C10H13N3O2/c14-10(15)13-7-2-1-4-8(13)9-11-5-3-6-12-9/h3,5-6,8H,1-2,4,7H2,(H,14,15). The third-order valence-corrected chi connectivity index (χ3v) is 2.63. The average Bonchev–Trinajstić information content (AvgIpc) is 2.30. The molecule has 5 heteroatoms. The van der Waals surface area contributed by atoms with Crippen molar-refractivity contribution in [1.82, 2.24) is 14.9 Å². The van der Waals surface area contributed by atoms with Gasteiger partial charge in [0.1, 0.15) is 0 Å². The van der Waals surface area contributed by atoms with Crippen molar-refractivity contribution in [3.05, 3.63) is 24.3 Å². The van der Waals surface area contributed by atoms with Gasteiger partial charge in [-0.1, -0.05) is 0 Å². The van der Waals surface area contributed by atoms with Gasteiger partial charge in [0.25, 0.3) is 0 Å². The smallest absolute Gasteiger partial charge is 0.407 e. The number of nitrogens with zero attached hydrogens (tertiary/aromatic N) is 3. The molecule has 1 aliphatic heterocycles. The zero-order valence-corrected chi connectivity index (χ0v) is 8.33. The molecule has 1 N–H and O–H groups in total. The molecule has 1 aromatic rings. The minimum absolute atomic E-state index is 0.169. The molecule has 1 unspecified atom stereocenters. The molecular formula is C10H13N3O2. The maximum Gasteiger partial charge on any atom is 0.407 e. The summed E-state index contributed by atoms with van der Waals surface area (Å²) in [6, 6.07) is 1.56. The van der Waals surface area contributed by atoms with E-state index in [2.05, 4.69) is 9.97 Å². The molecule has 1 amide bonds. The van der Waals surface area contributed by atoms with Gasteiger partial charge in [-0.05, 0) is 25.3 Å². The fraction of sp³-hybridized carbons (Fsp3) is 0.500. The quantitative estimate of drug-likeness (QED) is 0.760. The van der Waals surface area contributed by atoms with Crippen molar-refractivity contribution in [3.8, 4) is 0 Å². The fourth-order valence-electron chi connectivity index (χ4n) is 1.91. The molecule has 2 rings (SSSR count). The first-order chi connectivity index (χ1) is 7.29. The number of aromatic nitrogens is 2. The summed E-state index contributed by atoms with van der Waals surface area (Å²) in [6.07, 6.45) is 5.19. The molecular weight excluding hydrogens is 194 g/mol. The van der Waals surface area contributed by atoms with Crippen LogP contribution in [-0.2, 0) is 0 Å². The number of hydrogen-bond acceptors (Lipinski definition) is 3. The van der Waals surface area contributed by atoms with E-state index in [4.69, 9.17) is 5.11 Å². The normalized spacial score (nSPS) is 21.3. The molecule has 2 heterocycles. The molecule has 1 atom stereocenters. The Morgan fingerprint density at radius 2 is 2.13 bits per heavy atom. The van der Waals surface area contributed by atoms with Gasteiger partial charge in [-0.25, -0.2) is 14.8 Å². The van der Waals surface area contributed by atoms with Crippen LogP contribution < -0.4 is 0 Å². The number of rotatable bonds is 1. The summed E-state index contributed by atoms with van der Waals surface area (Å²) in [7, 11) is 0. The number of carbonyl (C=O) groups is 1. The summed E-state index contributed by atoms with van der Waals surface area (Å²) in [5, 5.41) is 9.04. The Morgan fingerprint density at radius 3 is 2.80 bits per heavy atom. The van der Waals surface area contributed by atoms with Crippen LogP contribution in [0.3, 0.4) is 0 Å². The topological polar surface area (TPSA) is 66.3 Å². The zero-order valence-electron chi connectivity index (χ0n) is 8.33. The summed E-state index contributed by atoms with van der Waals surface area (Å²) in [4.78, 5) is 20.7. The molecule has 1 aliphatic rings. The maximum atomic E-state index is 11.0. The zero-order chi connectivity index (χ0) is 10.7. The Hall–Kier alpha value is -1.65. The van der Waals surface area contributed by atoms with E-state index in [1.54, 1.807) is 18.5 Å².